The average molecular weight is 260 g/mol. The maximum atomic E-state index is 11.6. The molecule has 0 radical (unpaired) electrons. The van der Waals surface area contributed by atoms with Crippen LogP contribution in [0.3, 0.4) is 0 Å². The van der Waals surface area contributed by atoms with Crippen LogP contribution in [-0.4, -0.2) is 71.9 Å². The number of amides is 3. The molecular formula is C10H16N2O6. The SMILES string of the molecule is COC[C@H]1O[C@@H](N2CCC(=O)NC2=O)[C@@H](O)C1O. The monoisotopic (exact) mass is 260 g/mol. The maximum Gasteiger partial charge on any atom is 0.326 e. The van der Waals surface area contributed by atoms with E-state index in [0.717, 1.165) is 0 Å². The topological polar surface area (TPSA) is 108 Å². The Labute approximate surface area is 103 Å². The highest BCUT2D eigenvalue weighted by Gasteiger charge is 2.47. The fraction of sp³-hybridized carbons (Fsp3) is 0.800. The molecule has 0 aliphatic carbocycles. The Balaban J connectivity index is 2.05. The smallest absolute Gasteiger partial charge is 0.326 e. The van der Waals surface area contributed by atoms with E-state index in [2.05, 4.69) is 5.32 Å². The molecule has 0 bridgehead atoms. The third-order valence-electron chi connectivity index (χ3n) is 3.06. The standard InChI is InChI=1S/C10H16N2O6/c1-17-4-5-7(14)8(15)9(18-5)12-3-2-6(13)11-10(12)16/h5,7-9,14-15H,2-4H2,1H3,(H,11,13,16)/t5-,7?,8+,9-/m1/s1. The molecule has 8 heteroatoms. The zero-order valence-electron chi connectivity index (χ0n) is 9.91. The minimum Gasteiger partial charge on any atom is -0.387 e. The van der Waals surface area contributed by atoms with Gasteiger partial charge in [-0.05, 0) is 0 Å². The first-order valence-corrected chi connectivity index (χ1v) is 5.65. The number of urea groups is 1. The second kappa shape index (κ2) is 5.19. The van der Waals surface area contributed by atoms with Crippen molar-refractivity contribution >= 4 is 11.9 Å². The molecule has 2 fully saturated rings. The minimum absolute atomic E-state index is 0.114. The molecule has 1 unspecified atom stereocenters. The predicted molar refractivity (Wildman–Crippen MR) is 57.4 cm³/mol. The first kappa shape index (κ1) is 13.2. The zero-order valence-corrected chi connectivity index (χ0v) is 9.91. The summed E-state index contributed by atoms with van der Waals surface area (Å²) in [5.74, 6) is -0.363. The van der Waals surface area contributed by atoms with Gasteiger partial charge >= 0.3 is 6.03 Å². The van der Waals surface area contributed by atoms with Crippen LogP contribution >= 0.6 is 0 Å². The van der Waals surface area contributed by atoms with Gasteiger partial charge in [-0.3, -0.25) is 15.0 Å². The number of ether oxygens (including phenoxy) is 2. The van der Waals surface area contributed by atoms with Crippen molar-refractivity contribution in [1.29, 1.82) is 0 Å². The molecule has 18 heavy (non-hydrogen) atoms. The fourth-order valence-corrected chi connectivity index (χ4v) is 2.11. The van der Waals surface area contributed by atoms with Gasteiger partial charge in [-0.2, -0.15) is 0 Å². The van der Waals surface area contributed by atoms with Gasteiger partial charge in [0.2, 0.25) is 5.91 Å². The van der Waals surface area contributed by atoms with Crippen molar-refractivity contribution in [1.82, 2.24) is 10.2 Å². The summed E-state index contributed by atoms with van der Waals surface area (Å²) < 4.78 is 10.3. The first-order chi connectivity index (χ1) is 8.54. The van der Waals surface area contributed by atoms with Crippen LogP contribution < -0.4 is 5.32 Å². The van der Waals surface area contributed by atoms with Gasteiger partial charge in [0.05, 0.1) is 6.61 Å². The van der Waals surface area contributed by atoms with Crippen molar-refractivity contribution < 1.29 is 29.3 Å². The summed E-state index contributed by atoms with van der Waals surface area (Å²) in [7, 11) is 1.45. The average Bonchev–Trinajstić information content (AvgIpc) is 2.58. The highest BCUT2D eigenvalue weighted by Crippen LogP contribution is 2.25. The van der Waals surface area contributed by atoms with Gasteiger partial charge in [-0.1, -0.05) is 0 Å². The predicted octanol–water partition coefficient (Wildman–Crippen LogP) is -1.98. The van der Waals surface area contributed by atoms with Gasteiger partial charge in [-0.15, -0.1) is 0 Å². The van der Waals surface area contributed by atoms with Crippen molar-refractivity contribution in [3.63, 3.8) is 0 Å². The minimum atomic E-state index is -1.22. The maximum absolute atomic E-state index is 11.6. The lowest BCUT2D eigenvalue weighted by molar-refractivity contribution is -0.125. The number of imide groups is 1. The molecule has 8 nitrogen and oxygen atoms in total. The summed E-state index contributed by atoms with van der Waals surface area (Å²) in [4.78, 5) is 23.8. The largest absolute Gasteiger partial charge is 0.387 e. The Bertz CT molecular complexity index is 349. The van der Waals surface area contributed by atoms with Crippen molar-refractivity contribution in [3.8, 4) is 0 Å². The van der Waals surface area contributed by atoms with Crippen LogP contribution in [0, 0.1) is 0 Å². The van der Waals surface area contributed by atoms with Gasteiger partial charge in [-0.25, -0.2) is 4.79 Å². The highest BCUT2D eigenvalue weighted by atomic mass is 16.6. The van der Waals surface area contributed by atoms with Gasteiger partial charge < -0.3 is 19.7 Å². The molecule has 2 rings (SSSR count). The Morgan fingerprint density at radius 3 is 2.78 bits per heavy atom. The second-order valence-electron chi connectivity index (χ2n) is 4.30. The van der Waals surface area contributed by atoms with E-state index in [1.165, 1.54) is 12.0 Å². The van der Waals surface area contributed by atoms with E-state index in [9.17, 15) is 19.8 Å². The van der Waals surface area contributed by atoms with Gasteiger partial charge in [0.15, 0.2) is 6.23 Å². The van der Waals surface area contributed by atoms with Gasteiger partial charge in [0.1, 0.15) is 18.3 Å². The number of carbonyl (C=O) groups is 2. The zero-order chi connectivity index (χ0) is 13.3. The van der Waals surface area contributed by atoms with Crippen LogP contribution in [0.15, 0.2) is 0 Å². The van der Waals surface area contributed by atoms with E-state index >= 15 is 0 Å². The Kier molecular flexibility index (Phi) is 3.81. The summed E-state index contributed by atoms with van der Waals surface area (Å²) in [5, 5.41) is 21.7. The van der Waals surface area contributed by atoms with Crippen molar-refractivity contribution in [2.75, 3.05) is 20.3 Å². The molecule has 3 amide bonds. The van der Waals surface area contributed by atoms with E-state index in [1.54, 1.807) is 0 Å². The lowest BCUT2D eigenvalue weighted by Gasteiger charge is -2.32. The Morgan fingerprint density at radius 2 is 2.17 bits per heavy atom. The van der Waals surface area contributed by atoms with E-state index in [1.807, 2.05) is 0 Å². The lowest BCUT2D eigenvalue weighted by atomic mass is 10.1. The van der Waals surface area contributed by atoms with Crippen molar-refractivity contribution in [2.24, 2.45) is 0 Å². The summed E-state index contributed by atoms with van der Waals surface area (Å²) in [6.07, 6.45) is -3.86. The third kappa shape index (κ3) is 2.32. The van der Waals surface area contributed by atoms with Crippen LogP contribution in [0.25, 0.3) is 0 Å². The molecule has 0 saturated carbocycles. The number of rotatable bonds is 3. The molecule has 0 aromatic rings. The van der Waals surface area contributed by atoms with Crippen LogP contribution in [0.2, 0.25) is 0 Å². The van der Waals surface area contributed by atoms with Gasteiger partial charge in [0.25, 0.3) is 0 Å². The van der Waals surface area contributed by atoms with E-state index in [-0.39, 0.29) is 25.5 Å². The Hall–Kier alpha value is -1.22. The number of methoxy groups -OCH3 is 1. The molecule has 2 aliphatic heterocycles. The normalized spacial score (nSPS) is 36.9. The number of nitrogens with one attached hydrogen (secondary N) is 1. The second-order valence-corrected chi connectivity index (χ2v) is 4.30. The molecular weight excluding hydrogens is 244 g/mol. The molecule has 0 spiro atoms. The molecule has 3 N–H and O–H groups in total. The first-order valence-electron chi connectivity index (χ1n) is 5.65. The molecule has 2 heterocycles. The van der Waals surface area contributed by atoms with E-state index in [0.29, 0.717) is 0 Å². The van der Waals surface area contributed by atoms with Crippen molar-refractivity contribution in [2.45, 2.75) is 31.0 Å². The lowest BCUT2D eigenvalue weighted by Crippen LogP contribution is -2.56. The number of hydrogen-bond donors (Lipinski definition) is 3. The Morgan fingerprint density at radius 1 is 1.44 bits per heavy atom. The van der Waals surface area contributed by atoms with E-state index in [4.69, 9.17) is 9.47 Å². The molecule has 0 aromatic carbocycles. The highest BCUT2D eigenvalue weighted by molar-refractivity contribution is 5.96. The van der Waals surface area contributed by atoms with Crippen LogP contribution in [-0.2, 0) is 14.3 Å². The van der Waals surface area contributed by atoms with Gasteiger partial charge in [0, 0.05) is 20.1 Å². The van der Waals surface area contributed by atoms with Crippen molar-refractivity contribution in [3.05, 3.63) is 0 Å². The molecule has 102 valence electrons. The van der Waals surface area contributed by atoms with E-state index < -0.39 is 30.6 Å². The molecule has 0 aromatic heterocycles. The summed E-state index contributed by atoms with van der Waals surface area (Å²) >= 11 is 0. The number of nitrogens with zero attached hydrogens (tertiary/aromatic N) is 1. The molecule has 4 atom stereocenters. The summed E-state index contributed by atoms with van der Waals surface area (Å²) in [6, 6.07) is -0.624. The fourth-order valence-electron chi connectivity index (χ4n) is 2.11. The van der Waals surface area contributed by atoms with Crippen LogP contribution in [0.1, 0.15) is 6.42 Å². The number of aliphatic hydroxyl groups is 2. The summed E-state index contributed by atoms with van der Waals surface area (Å²) in [5.41, 5.74) is 0. The van der Waals surface area contributed by atoms with Crippen LogP contribution in [0.4, 0.5) is 4.79 Å². The molecule has 2 aliphatic rings. The quantitative estimate of drug-likeness (QED) is 0.543. The number of carbonyl (C=O) groups excluding carboxylic acids is 2. The summed E-state index contributed by atoms with van der Waals surface area (Å²) in [6.45, 7) is 0.266. The molecule has 2 saturated heterocycles. The third-order valence-corrected chi connectivity index (χ3v) is 3.06. The van der Waals surface area contributed by atoms with Crippen LogP contribution in [0.5, 0.6) is 0 Å². The number of aliphatic hydroxyl groups excluding tert-OH is 2. The number of hydrogen-bond acceptors (Lipinski definition) is 6.